The second kappa shape index (κ2) is 6.22. The molecule has 0 saturated heterocycles. The molecule has 0 fully saturated rings. The van der Waals surface area contributed by atoms with Crippen LogP contribution in [0.4, 0.5) is 13.2 Å². The summed E-state index contributed by atoms with van der Waals surface area (Å²) in [5.74, 6) is 0.0287. The molecule has 1 aromatic rings. The van der Waals surface area contributed by atoms with E-state index < -0.39 is 24.8 Å². The van der Waals surface area contributed by atoms with Gasteiger partial charge >= 0.3 is 6.18 Å². The van der Waals surface area contributed by atoms with Gasteiger partial charge in [-0.15, -0.1) is 0 Å². The molecule has 0 radical (unpaired) electrons. The summed E-state index contributed by atoms with van der Waals surface area (Å²) in [6.45, 7) is 2.29. The number of ketones is 1. The van der Waals surface area contributed by atoms with E-state index in [4.69, 9.17) is 4.74 Å². The van der Waals surface area contributed by atoms with Crippen LogP contribution in [0.3, 0.4) is 0 Å². The van der Waals surface area contributed by atoms with Crippen LogP contribution in [0.2, 0.25) is 0 Å². The minimum atomic E-state index is -4.31. The minimum absolute atomic E-state index is 0.245. The summed E-state index contributed by atoms with van der Waals surface area (Å²) >= 11 is 3.21. The summed E-state index contributed by atoms with van der Waals surface area (Å²) in [5, 5.41) is 0. The van der Waals surface area contributed by atoms with Crippen molar-refractivity contribution in [3.05, 3.63) is 28.2 Å². The highest BCUT2D eigenvalue weighted by Gasteiger charge is 2.28. The molecule has 0 spiro atoms. The van der Waals surface area contributed by atoms with Gasteiger partial charge in [-0.1, -0.05) is 0 Å². The van der Waals surface area contributed by atoms with E-state index in [9.17, 15) is 18.0 Å². The predicted octanol–water partition coefficient (Wildman–Crippen LogP) is 4.37. The van der Waals surface area contributed by atoms with Crippen LogP contribution in [0.15, 0.2) is 22.7 Å². The molecule has 0 aliphatic rings. The number of alkyl halides is 3. The first-order valence-electron chi connectivity index (χ1n) is 5.36. The second-order valence-corrected chi connectivity index (χ2v) is 4.47. The zero-order valence-electron chi connectivity index (χ0n) is 9.68. The lowest BCUT2D eigenvalue weighted by molar-refractivity contribution is -0.133. The van der Waals surface area contributed by atoms with Gasteiger partial charge in [-0.3, -0.25) is 4.79 Å². The highest BCUT2D eigenvalue weighted by atomic mass is 79.9. The summed E-state index contributed by atoms with van der Waals surface area (Å²) < 4.78 is 41.8. The fourth-order valence-electron chi connectivity index (χ4n) is 1.35. The number of carbonyl (C=O) groups excluding carboxylic acids is 1. The van der Waals surface area contributed by atoms with Crippen LogP contribution >= 0.6 is 15.9 Å². The number of ether oxygens (including phenoxy) is 1. The largest absolute Gasteiger partial charge is 0.493 e. The van der Waals surface area contributed by atoms with Crippen molar-refractivity contribution in [3.8, 4) is 5.75 Å². The third kappa shape index (κ3) is 4.68. The molecule has 0 aliphatic heterocycles. The first-order chi connectivity index (χ1) is 8.33. The third-order valence-electron chi connectivity index (χ3n) is 2.19. The highest BCUT2D eigenvalue weighted by molar-refractivity contribution is 9.10. The van der Waals surface area contributed by atoms with E-state index in [1.54, 1.807) is 6.07 Å². The van der Waals surface area contributed by atoms with Crippen molar-refractivity contribution in [2.45, 2.75) is 25.9 Å². The molecule has 0 aliphatic carbocycles. The summed E-state index contributed by atoms with van der Waals surface area (Å²) in [6.07, 6.45) is -5.95. The quantitative estimate of drug-likeness (QED) is 0.751. The molecule has 0 unspecified atom stereocenters. The van der Waals surface area contributed by atoms with E-state index in [2.05, 4.69) is 15.9 Å². The zero-order valence-corrected chi connectivity index (χ0v) is 11.3. The molecule has 0 heterocycles. The number of hydrogen-bond donors (Lipinski definition) is 0. The lowest BCUT2D eigenvalue weighted by atomic mass is 10.1. The number of benzene rings is 1. The van der Waals surface area contributed by atoms with E-state index >= 15 is 0 Å². The van der Waals surface area contributed by atoms with E-state index in [0.717, 1.165) is 0 Å². The van der Waals surface area contributed by atoms with Gasteiger partial charge in [0.15, 0.2) is 5.78 Å². The number of hydrogen-bond acceptors (Lipinski definition) is 2. The van der Waals surface area contributed by atoms with Crippen molar-refractivity contribution >= 4 is 21.7 Å². The molecule has 1 rings (SSSR count). The summed E-state index contributed by atoms with van der Waals surface area (Å²) in [6, 6.07) is 4.51. The van der Waals surface area contributed by atoms with Crippen LogP contribution in [0.5, 0.6) is 5.75 Å². The molecule has 18 heavy (non-hydrogen) atoms. The summed E-state index contributed by atoms with van der Waals surface area (Å²) in [4.78, 5) is 11.6. The third-order valence-corrected chi connectivity index (χ3v) is 2.81. The second-order valence-electron chi connectivity index (χ2n) is 3.62. The van der Waals surface area contributed by atoms with E-state index in [1.165, 1.54) is 12.1 Å². The lowest BCUT2D eigenvalue weighted by Crippen LogP contribution is -2.11. The monoisotopic (exact) mass is 324 g/mol. The Labute approximate surface area is 111 Å². The van der Waals surface area contributed by atoms with Gasteiger partial charge in [0.25, 0.3) is 0 Å². The average Bonchev–Trinajstić information content (AvgIpc) is 2.28. The molecule has 1 aromatic carbocycles. The maximum Gasteiger partial charge on any atom is 0.389 e. The molecule has 6 heteroatoms. The Bertz CT molecular complexity index is 430. The zero-order chi connectivity index (χ0) is 13.8. The van der Waals surface area contributed by atoms with Gasteiger partial charge in [0.05, 0.1) is 17.5 Å². The van der Waals surface area contributed by atoms with Crippen LogP contribution in [0.25, 0.3) is 0 Å². The predicted molar refractivity (Wildman–Crippen MR) is 64.9 cm³/mol. The Kier molecular flexibility index (Phi) is 5.19. The van der Waals surface area contributed by atoms with Gasteiger partial charge in [0, 0.05) is 12.0 Å². The molecule has 0 amide bonds. The van der Waals surface area contributed by atoms with Gasteiger partial charge < -0.3 is 4.74 Å². The maximum atomic E-state index is 12.0. The maximum absolute atomic E-state index is 12.0. The number of rotatable bonds is 5. The van der Waals surface area contributed by atoms with Gasteiger partial charge in [0.2, 0.25) is 0 Å². The van der Waals surface area contributed by atoms with Crippen LogP contribution in [0.1, 0.15) is 30.1 Å². The SMILES string of the molecule is CCOc1ccc(C(=O)CCC(F)(F)F)cc1Br. The van der Waals surface area contributed by atoms with Crippen molar-refractivity contribution in [2.24, 2.45) is 0 Å². The van der Waals surface area contributed by atoms with Crippen molar-refractivity contribution in [2.75, 3.05) is 6.61 Å². The van der Waals surface area contributed by atoms with Crippen LogP contribution in [0, 0.1) is 0 Å². The molecule has 0 saturated carbocycles. The number of halogens is 4. The fraction of sp³-hybridized carbons (Fsp3) is 0.417. The van der Waals surface area contributed by atoms with Crippen LogP contribution < -0.4 is 4.74 Å². The molecule has 0 atom stereocenters. The number of carbonyl (C=O) groups is 1. The van der Waals surface area contributed by atoms with Gasteiger partial charge in [-0.2, -0.15) is 13.2 Å². The van der Waals surface area contributed by atoms with Crippen molar-refractivity contribution in [3.63, 3.8) is 0 Å². The standard InChI is InChI=1S/C12H12BrF3O2/c1-2-18-11-4-3-8(7-9(11)13)10(17)5-6-12(14,15)16/h3-4,7H,2,5-6H2,1H3. The van der Waals surface area contributed by atoms with Crippen molar-refractivity contribution in [1.29, 1.82) is 0 Å². The Morgan fingerprint density at radius 1 is 1.39 bits per heavy atom. The van der Waals surface area contributed by atoms with Gasteiger partial charge in [-0.25, -0.2) is 0 Å². The minimum Gasteiger partial charge on any atom is -0.493 e. The molecule has 0 bridgehead atoms. The Hall–Kier alpha value is -1.04. The smallest absolute Gasteiger partial charge is 0.389 e. The van der Waals surface area contributed by atoms with E-state index in [0.29, 0.717) is 16.8 Å². The first-order valence-corrected chi connectivity index (χ1v) is 6.15. The number of Topliss-reactive ketones (excluding diaryl/α,β-unsaturated/α-hetero) is 1. The Morgan fingerprint density at radius 3 is 2.56 bits per heavy atom. The fourth-order valence-corrected chi connectivity index (χ4v) is 1.84. The van der Waals surface area contributed by atoms with Gasteiger partial charge in [0.1, 0.15) is 5.75 Å². The van der Waals surface area contributed by atoms with Crippen LogP contribution in [-0.4, -0.2) is 18.6 Å². The molecule has 0 aromatic heterocycles. The Morgan fingerprint density at radius 2 is 2.06 bits per heavy atom. The summed E-state index contributed by atoms with van der Waals surface area (Å²) in [7, 11) is 0. The Balaban J connectivity index is 2.72. The van der Waals surface area contributed by atoms with Crippen molar-refractivity contribution < 1.29 is 22.7 Å². The molecular formula is C12H12BrF3O2. The lowest BCUT2D eigenvalue weighted by Gasteiger charge is -2.08. The molecule has 2 nitrogen and oxygen atoms in total. The van der Waals surface area contributed by atoms with Gasteiger partial charge in [-0.05, 0) is 41.1 Å². The van der Waals surface area contributed by atoms with E-state index in [1.807, 2.05) is 6.92 Å². The molecule has 0 N–H and O–H groups in total. The molecular weight excluding hydrogens is 313 g/mol. The first kappa shape index (κ1) is 15.0. The average molecular weight is 325 g/mol. The summed E-state index contributed by atoms with van der Waals surface area (Å²) in [5.41, 5.74) is 0.245. The van der Waals surface area contributed by atoms with E-state index in [-0.39, 0.29) is 5.56 Å². The molecule has 100 valence electrons. The normalized spacial score (nSPS) is 11.4. The highest BCUT2D eigenvalue weighted by Crippen LogP contribution is 2.28. The van der Waals surface area contributed by atoms with Crippen molar-refractivity contribution in [1.82, 2.24) is 0 Å². The van der Waals surface area contributed by atoms with Crippen LogP contribution in [-0.2, 0) is 0 Å². The topological polar surface area (TPSA) is 26.3 Å².